The fraction of sp³-hybridized carbons (Fsp3) is 0.900. The molecule has 0 spiro atoms. The second-order valence-corrected chi connectivity index (χ2v) is 10.4. The lowest BCUT2D eigenvalue weighted by Crippen LogP contribution is -2.55. The molecule has 29 heavy (non-hydrogen) atoms. The van der Waals surface area contributed by atoms with Crippen molar-refractivity contribution in [3.8, 4) is 0 Å². The van der Waals surface area contributed by atoms with E-state index in [-0.39, 0.29) is 36.6 Å². The normalized spacial score (nSPS) is 20.7. The molecule has 8 nitrogen and oxygen atoms in total. The molecule has 2 amide bonds. The second kappa shape index (κ2) is 12.7. The predicted molar refractivity (Wildman–Crippen MR) is 115 cm³/mol. The Morgan fingerprint density at radius 1 is 1.07 bits per heavy atom. The maximum absolute atomic E-state index is 12.6. The Morgan fingerprint density at radius 2 is 1.66 bits per heavy atom. The minimum atomic E-state index is -2.76. The van der Waals surface area contributed by atoms with E-state index in [1.165, 1.54) is 0 Å². The van der Waals surface area contributed by atoms with Gasteiger partial charge >= 0.3 is 0 Å². The molecule has 0 radical (unpaired) electrons. The molecule has 6 N–H and O–H groups in total. The van der Waals surface area contributed by atoms with Crippen LogP contribution in [0.2, 0.25) is 0 Å². The van der Waals surface area contributed by atoms with Crippen molar-refractivity contribution in [1.29, 1.82) is 0 Å². The third-order valence-electron chi connectivity index (χ3n) is 5.84. The minimum Gasteiger partial charge on any atom is -0.391 e. The summed E-state index contributed by atoms with van der Waals surface area (Å²) in [5.41, 5.74) is 5.43. The smallest absolute Gasteiger partial charge is 0.242 e. The van der Waals surface area contributed by atoms with Crippen molar-refractivity contribution >= 4 is 19.8 Å². The van der Waals surface area contributed by atoms with Gasteiger partial charge < -0.3 is 26.4 Å². The standard InChI is InChI=1S/C20H40N3O5P/c1-12(2)17(21)19(25)23-18(13(3)4)20(26)22-11-15(24)10-16(29(27)28)14-8-6-5-7-9-14/h12-18,24,29H,5-11,21H2,1-4H3,(H,22,26)(H,23,25)(H,27,28)/t15-,16?,17+,18-/m1/s1. The Hall–Kier alpha value is -0.950. The average molecular weight is 434 g/mol. The van der Waals surface area contributed by atoms with E-state index in [1.807, 2.05) is 27.7 Å². The molecule has 0 heterocycles. The van der Waals surface area contributed by atoms with E-state index < -0.39 is 37.8 Å². The summed E-state index contributed by atoms with van der Waals surface area (Å²) in [6, 6.07) is -1.46. The molecule has 170 valence electrons. The first-order valence-electron chi connectivity index (χ1n) is 10.8. The zero-order valence-electron chi connectivity index (χ0n) is 18.2. The van der Waals surface area contributed by atoms with Crippen LogP contribution in [0.15, 0.2) is 0 Å². The fourth-order valence-corrected chi connectivity index (χ4v) is 5.03. The lowest BCUT2D eigenvalue weighted by Gasteiger charge is -2.30. The molecule has 1 fully saturated rings. The number of aliphatic hydroxyl groups is 1. The molecule has 1 saturated carbocycles. The number of nitrogens with one attached hydrogen (secondary N) is 2. The Labute approximate surface area is 175 Å². The van der Waals surface area contributed by atoms with E-state index in [1.54, 1.807) is 0 Å². The zero-order valence-corrected chi connectivity index (χ0v) is 19.2. The summed E-state index contributed by atoms with van der Waals surface area (Å²) in [7, 11) is -2.76. The van der Waals surface area contributed by atoms with Crippen molar-refractivity contribution in [3.63, 3.8) is 0 Å². The first-order valence-corrected chi connectivity index (χ1v) is 12.2. The molecule has 1 aliphatic carbocycles. The summed E-state index contributed by atoms with van der Waals surface area (Å²) in [6.45, 7) is 7.28. The number of hydrogen-bond donors (Lipinski definition) is 5. The number of rotatable bonds is 11. The predicted octanol–water partition coefficient (Wildman–Crippen LogP) is 1.39. The third-order valence-corrected chi connectivity index (χ3v) is 7.18. The largest absolute Gasteiger partial charge is 0.391 e. The lowest BCUT2D eigenvalue weighted by molar-refractivity contribution is -0.131. The van der Waals surface area contributed by atoms with E-state index in [2.05, 4.69) is 10.6 Å². The van der Waals surface area contributed by atoms with Crippen LogP contribution in [0.4, 0.5) is 0 Å². The van der Waals surface area contributed by atoms with Gasteiger partial charge in [0.05, 0.1) is 12.1 Å². The van der Waals surface area contributed by atoms with Crippen molar-refractivity contribution in [2.75, 3.05) is 6.54 Å². The highest BCUT2D eigenvalue weighted by atomic mass is 31.1. The summed E-state index contributed by atoms with van der Waals surface area (Å²) < 4.78 is 11.8. The fourth-order valence-electron chi connectivity index (χ4n) is 3.82. The van der Waals surface area contributed by atoms with Gasteiger partial charge in [0.1, 0.15) is 6.04 Å². The van der Waals surface area contributed by atoms with Crippen LogP contribution in [0.25, 0.3) is 0 Å². The number of carbonyl (C=O) groups is 2. The monoisotopic (exact) mass is 433 g/mol. The highest BCUT2D eigenvalue weighted by Gasteiger charge is 2.31. The van der Waals surface area contributed by atoms with E-state index in [9.17, 15) is 24.2 Å². The van der Waals surface area contributed by atoms with Gasteiger partial charge in [0, 0.05) is 12.2 Å². The number of hydrogen-bond acceptors (Lipinski definition) is 5. The molecule has 2 unspecified atom stereocenters. The number of nitrogens with two attached hydrogens (primary N) is 1. The Bertz CT molecular complexity index is 552. The van der Waals surface area contributed by atoms with Crippen LogP contribution >= 0.6 is 8.03 Å². The van der Waals surface area contributed by atoms with Crippen molar-refractivity contribution in [3.05, 3.63) is 0 Å². The molecule has 0 aromatic carbocycles. The van der Waals surface area contributed by atoms with Crippen molar-refractivity contribution < 1.29 is 24.2 Å². The van der Waals surface area contributed by atoms with Crippen LogP contribution in [0.3, 0.4) is 0 Å². The molecule has 0 bridgehead atoms. The van der Waals surface area contributed by atoms with Gasteiger partial charge in [-0.2, -0.15) is 0 Å². The Morgan fingerprint density at radius 3 is 2.14 bits per heavy atom. The average Bonchev–Trinajstić information content (AvgIpc) is 2.67. The summed E-state index contributed by atoms with van der Waals surface area (Å²) in [4.78, 5) is 34.5. The Kier molecular flexibility index (Phi) is 11.4. The summed E-state index contributed by atoms with van der Waals surface area (Å²) in [5, 5.41) is 15.7. The van der Waals surface area contributed by atoms with E-state index >= 15 is 0 Å². The number of carbonyl (C=O) groups excluding carboxylic acids is 2. The van der Waals surface area contributed by atoms with Crippen LogP contribution in [-0.4, -0.2) is 52.2 Å². The summed E-state index contributed by atoms with van der Waals surface area (Å²) in [6.07, 6.45) is 4.37. The molecule has 0 aromatic heterocycles. The van der Waals surface area contributed by atoms with Crippen LogP contribution in [0.5, 0.6) is 0 Å². The molecular formula is C20H40N3O5P. The van der Waals surface area contributed by atoms with E-state index in [0.717, 1.165) is 32.1 Å². The molecule has 0 aliphatic heterocycles. The summed E-state index contributed by atoms with van der Waals surface area (Å²) >= 11 is 0. The first-order chi connectivity index (χ1) is 13.5. The first kappa shape index (κ1) is 26.1. The highest BCUT2D eigenvalue weighted by molar-refractivity contribution is 7.38. The summed E-state index contributed by atoms with van der Waals surface area (Å²) in [5.74, 6) is -0.823. The van der Waals surface area contributed by atoms with Gasteiger partial charge in [-0.1, -0.05) is 47.0 Å². The van der Waals surface area contributed by atoms with Crippen LogP contribution < -0.4 is 16.4 Å². The third kappa shape index (κ3) is 8.75. The van der Waals surface area contributed by atoms with Crippen molar-refractivity contribution in [2.24, 2.45) is 23.5 Å². The lowest BCUT2D eigenvalue weighted by atomic mass is 9.85. The number of amides is 2. The van der Waals surface area contributed by atoms with Crippen LogP contribution in [-0.2, 0) is 14.2 Å². The molecular weight excluding hydrogens is 393 g/mol. The molecule has 0 aromatic rings. The van der Waals surface area contributed by atoms with Gasteiger partial charge in [0.25, 0.3) is 0 Å². The van der Waals surface area contributed by atoms with Crippen LogP contribution in [0.1, 0.15) is 66.2 Å². The van der Waals surface area contributed by atoms with Gasteiger partial charge in [-0.05, 0) is 37.0 Å². The SMILES string of the molecule is CC(C)[C@H](N)C(=O)N[C@@H](C(=O)NC[C@H](O)CC(C1CCCCC1)[PH](=O)O)C(C)C. The van der Waals surface area contributed by atoms with Crippen LogP contribution in [0, 0.1) is 17.8 Å². The van der Waals surface area contributed by atoms with E-state index in [0.29, 0.717) is 0 Å². The molecule has 1 aliphatic rings. The quantitative estimate of drug-likeness (QED) is 0.312. The molecule has 9 heteroatoms. The molecule has 0 saturated heterocycles. The number of aliphatic hydroxyl groups excluding tert-OH is 1. The van der Waals surface area contributed by atoms with Gasteiger partial charge in [-0.25, -0.2) is 0 Å². The maximum Gasteiger partial charge on any atom is 0.242 e. The molecule has 5 atom stereocenters. The van der Waals surface area contributed by atoms with Gasteiger partial charge in [0.2, 0.25) is 11.8 Å². The van der Waals surface area contributed by atoms with Crippen molar-refractivity contribution in [2.45, 2.75) is 90.1 Å². The topological polar surface area (TPSA) is 142 Å². The Balaban J connectivity index is 2.59. The molecule has 1 rings (SSSR count). The van der Waals surface area contributed by atoms with Crippen molar-refractivity contribution in [1.82, 2.24) is 10.6 Å². The maximum atomic E-state index is 12.6. The second-order valence-electron chi connectivity index (χ2n) is 8.98. The van der Waals surface area contributed by atoms with Gasteiger partial charge in [-0.15, -0.1) is 0 Å². The zero-order chi connectivity index (χ0) is 22.1. The van der Waals surface area contributed by atoms with Gasteiger partial charge in [0.15, 0.2) is 8.03 Å². The highest BCUT2D eigenvalue weighted by Crippen LogP contribution is 2.40. The minimum absolute atomic E-state index is 0.0213. The van der Waals surface area contributed by atoms with E-state index in [4.69, 9.17) is 5.73 Å². The van der Waals surface area contributed by atoms with Gasteiger partial charge in [-0.3, -0.25) is 14.2 Å².